The zero-order valence-corrected chi connectivity index (χ0v) is 8.88. The molecule has 15 heavy (non-hydrogen) atoms. The van der Waals surface area contributed by atoms with Crippen LogP contribution in [0.15, 0.2) is 18.2 Å². The number of terminal acetylenes is 1. The highest BCUT2D eigenvalue weighted by Crippen LogP contribution is 2.18. The third-order valence-electron chi connectivity index (χ3n) is 1.86. The summed E-state index contributed by atoms with van der Waals surface area (Å²) in [5.74, 6) is 1.11. The van der Waals surface area contributed by atoms with Gasteiger partial charge in [-0.3, -0.25) is 4.79 Å². The molecule has 0 aliphatic rings. The minimum Gasteiger partial charge on any atom is -0.330 e. The van der Waals surface area contributed by atoms with Gasteiger partial charge in [-0.05, 0) is 12.1 Å². The number of rotatable bonds is 2. The molecule has 0 aliphatic carbocycles. The Morgan fingerprint density at radius 3 is 2.93 bits per heavy atom. The van der Waals surface area contributed by atoms with Gasteiger partial charge in [-0.2, -0.15) is 0 Å². The van der Waals surface area contributed by atoms with E-state index in [2.05, 4.69) is 5.92 Å². The molecule has 0 spiro atoms. The van der Waals surface area contributed by atoms with Crippen LogP contribution in [-0.2, 0) is 0 Å². The van der Waals surface area contributed by atoms with Crippen molar-refractivity contribution in [1.29, 1.82) is 0 Å². The lowest BCUT2D eigenvalue weighted by Crippen LogP contribution is -2.27. The third kappa shape index (κ3) is 2.48. The summed E-state index contributed by atoms with van der Waals surface area (Å²) in [6, 6.07) is 4.27. The maximum Gasteiger partial charge on any atom is 0.257 e. The van der Waals surface area contributed by atoms with Crippen LogP contribution >= 0.6 is 11.6 Å². The van der Waals surface area contributed by atoms with Crippen LogP contribution in [0.2, 0.25) is 5.02 Å². The van der Waals surface area contributed by atoms with Gasteiger partial charge in [0.15, 0.2) is 5.82 Å². The van der Waals surface area contributed by atoms with Crippen LogP contribution in [0.3, 0.4) is 0 Å². The van der Waals surface area contributed by atoms with E-state index in [1.54, 1.807) is 0 Å². The van der Waals surface area contributed by atoms with E-state index in [0.717, 1.165) is 0 Å². The maximum absolute atomic E-state index is 13.4. The first-order valence-corrected chi connectivity index (χ1v) is 4.58. The Hall–Kier alpha value is -1.53. The van der Waals surface area contributed by atoms with Crippen molar-refractivity contribution in [3.05, 3.63) is 34.6 Å². The average molecular weight is 226 g/mol. The van der Waals surface area contributed by atoms with Gasteiger partial charge in [0.1, 0.15) is 0 Å². The topological polar surface area (TPSA) is 20.3 Å². The van der Waals surface area contributed by atoms with Crippen LogP contribution in [0.4, 0.5) is 4.39 Å². The quantitative estimate of drug-likeness (QED) is 0.707. The molecule has 78 valence electrons. The molecule has 0 N–H and O–H groups in total. The predicted octanol–water partition coefficient (Wildman–Crippen LogP) is 2.18. The first-order valence-electron chi connectivity index (χ1n) is 4.21. The predicted molar refractivity (Wildman–Crippen MR) is 57.2 cm³/mol. The summed E-state index contributed by atoms with van der Waals surface area (Å²) in [5, 5.41) is -0.0741. The second kappa shape index (κ2) is 4.81. The highest BCUT2D eigenvalue weighted by Gasteiger charge is 2.16. The van der Waals surface area contributed by atoms with Gasteiger partial charge in [0.05, 0.1) is 17.1 Å². The Morgan fingerprint density at radius 2 is 2.33 bits per heavy atom. The number of nitrogens with zero attached hydrogens (tertiary/aromatic N) is 1. The molecule has 0 fully saturated rings. The monoisotopic (exact) mass is 225 g/mol. The molecule has 1 amide bonds. The zero-order chi connectivity index (χ0) is 11.4. The lowest BCUT2D eigenvalue weighted by molar-refractivity contribution is 0.0808. The third-order valence-corrected chi connectivity index (χ3v) is 2.15. The van der Waals surface area contributed by atoms with E-state index in [1.165, 1.54) is 30.1 Å². The number of benzene rings is 1. The Balaban J connectivity index is 3.02. The van der Waals surface area contributed by atoms with Gasteiger partial charge in [-0.15, -0.1) is 6.42 Å². The average Bonchev–Trinajstić information content (AvgIpc) is 2.21. The molecule has 0 bridgehead atoms. The minimum atomic E-state index is -0.715. The largest absolute Gasteiger partial charge is 0.330 e. The standard InChI is InChI=1S/C11H9ClFNO/c1-3-7-14(2)11(15)8-5-4-6-9(12)10(8)13/h1,4-6H,7H2,2H3. The summed E-state index contributed by atoms with van der Waals surface area (Å²) in [6.45, 7) is 0.130. The van der Waals surface area contributed by atoms with E-state index in [1.807, 2.05) is 0 Å². The number of carbonyl (C=O) groups excluding carboxylic acids is 1. The van der Waals surface area contributed by atoms with Gasteiger partial charge in [-0.1, -0.05) is 23.6 Å². The number of carbonyl (C=O) groups is 1. The summed E-state index contributed by atoms with van der Waals surface area (Å²) in [5.41, 5.74) is -0.0692. The number of hydrogen-bond donors (Lipinski definition) is 0. The fourth-order valence-electron chi connectivity index (χ4n) is 1.08. The molecule has 0 saturated carbocycles. The van der Waals surface area contributed by atoms with Gasteiger partial charge < -0.3 is 4.90 Å². The van der Waals surface area contributed by atoms with Gasteiger partial charge >= 0.3 is 0 Å². The van der Waals surface area contributed by atoms with Crippen LogP contribution in [0, 0.1) is 18.2 Å². The van der Waals surface area contributed by atoms with E-state index >= 15 is 0 Å². The summed E-state index contributed by atoms with van der Waals surface area (Å²) in [4.78, 5) is 12.9. The molecule has 0 aliphatic heterocycles. The van der Waals surface area contributed by atoms with Gasteiger partial charge in [0.2, 0.25) is 0 Å². The lowest BCUT2D eigenvalue weighted by atomic mass is 10.2. The maximum atomic E-state index is 13.4. The molecule has 0 radical (unpaired) electrons. The van der Waals surface area contributed by atoms with Gasteiger partial charge in [-0.25, -0.2) is 4.39 Å². The molecule has 2 nitrogen and oxygen atoms in total. The normalized spacial score (nSPS) is 9.47. The molecular formula is C11H9ClFNO. The molecule has 0 saturated heterocycles. The van der Waals surface area contributed by atoms with Crippen molar-refractivity contribution in [2.75, 3.05) is 13.6 Å². The first-order chi connectivity index (χ1) is 7.07. The molecule has 0 heterocycles. The molecule has 0 atom stereocenters. The van der Waals surface area contributed by atoms with Crippen molar-refractivity contribution >= 4 is 17.5 Å². The second-order valence-corrected chi connectivity index (χ2v) is 3.37. The Morgan fingerprint density at radius 1 is 1.67 bits per heavy atom. The van der Waals surface area contributed by atoms with Gasteiger partial charge in [0, 0.05) is 7.05 Å². The van der Waals surface area contributed by atoms with Crippen LogP contribution in [0.5, 0.6) is 0 Å². The van der Waals surface area contributed by atoms with Gasteiger partial charge in [0.25, 0.3) is 5.91 Å². The minimum absolute atomic E-state index is 0.0692. The number of amides is 1. The molecule has 0 aromatic heterocycles. The molecule has 4 heteroatoms. The van der Waals surface area contributed by atoms with Crippen LogP contribution in [-0.4, -0.2) is 24.4 Å². The van der Waals surface area contributed by atoms with E-state index in [4.69, 9.17) is 18.0 Å². The zero-order valence-electron chi connectivity index (χ0n) is 8.13. The first kappa shape index (κ1) is 11.5. The van der Waals surface area contributed by atoms with Crippen LogP contribution in [0.25, 0.3) is 0 Å². The van der Waals surface area contributed by atoms with Crippen LogP contribution < -0.4 is 0 Å². The lowest BCUT2D eigenvalue weighted by Gasteiger charge is -2.14. The molecule has 1 aromatic carbocycles. The summed E-state index contributed by atoms with van der Waals surface area (Å²) in [6.07, 6.45) is 5.05. The Kier molecular flexibility index (Phi) is 3.70. The van der Waals surface area contributed by atoms with E-state index in [9.17, 15) is 9.18 Å². The highest BCUT2D eigenvalue weighted by atomic mass is 35.5. The number of halogens is 2. The molecule has 0 unspecified atom stereocenters. The molecule has 1 rings (SSSR count). The second-order valence-electron chi connectivity index (χ2n) is 2.97. The van der Waals surface area contributed by atoms with Crippen molar-refractivity contribution in [2.45, 2.75) is 0 Å². The molecule has 1 aromatic rings. The van der Waals surface area contributed by atoms with E-state index in [0.29, 0.717) is 0 Å². The fraction of sp³-hybridized carbons (Fsp3) is 0.182. The molecular weight excluding hydrogens is 217 g/mol. The van der Waals surface area contributed by atoms with E-state index in [-0.39, 0.29) is 17.1 Å². The van der Waals surface area contributed by atoms with Crippen molar-refractivity contribution in [3.8, 4) is 12.3 Å². The number of hydrogen-bond acceptors (Lipinski definition) is 1. The summed E-state index contributed by atoms with van der Waals surface area (Å²) >= 11 is 5.55. The van der Waals surface area contributed by atoms with Crippen molar-refractivity contribution in [1.82, 2.24) is 4.90 Å². The summed E-state index contributed by atoms with van der Waals surface area (Å²) < 4.78 is 13.4. The van der Waals surface area contributed by atoms with Crippen molar-refractivity contribution < 1.29 is 9.18 Å². The Bertz CT molecular complexity index is 425. The smallest absolute Gasteiger partial charge is 0.257 e. The SMILES string of the molecule is C#CCN(C)C(=O)c1cccc(Cl)c1F. The van der Waals surface area contributed by atoms with E-state index < -0.39 is 11.7 Å². The van der Waals surface area contributed by atoms with Crippen LogP contribution in [0.1, 0.15) is 10.4 Å². The summed E-state index contributed by atoms with van der Waals surface area (Å²) in [7, 11) is 1.50. The fourth-order valence-corrected chi connectivity index (χ4v) is 1.26. The van der Waals surface area contributed by atoms with Crippen molar-refractivity contribution in [2.24, 2.45) is 0 Å². The van der Waals surface area contributed by atoms with Crippen molar-refractivity contribution in [3.63, 3.8) is 0 Å². The Labute approximate surface area is 92.6 Å². The highest BCUT2D eigenvalue weighted by molar-refractivity contribution is 6.31.